The van der Waals surface area contributed by atoms with Crippen molar-refractivity contribution in [1.82, 2.24) is 4.90 Å². The van der Waals surface area contributed by atoms with E-state index in [9.17, 15) is 23.1 Å². The Bertz CT molecular complexity index is 927. The van der Waals surface area contributed by atoms with Gasteiger partial charge in [-0.1, -0.05) is 18.2 Å². The fourth-order valence-corrected chi connectivity index (χ4v) is 5.44. The van der Waals surface area contributed by atoms with Crippen LogP contribution < -0.4 is 0 Å². The molecule has 1 aromatic heterocycles. The maximum Gasteiger partial charge on any atom is 0.335 e. The van der Waals surface area contributed by atoms with Crippen LogP contribution in [-0.2, 0) is 14.6 Å². The van der Waals surface area contributed by atoms with E-state index < -0.39 is 21.4 Å². The molecule has 7 nitrogen and oxygen atoms in total. The molecule has 0 bridgehead atoms. The Morgan fingerprint density at radius 3 is 2.23 bits per heavy atom. The molecule has 1 saturated heterocycles. The Kier molecular flexibility index (Phi) is 4.87. The summed E-state index contributed by atoms with van der Waals surface area (Å²) in [5, 5.41) is 19.0. The summed E-state index contributed by atoms with van der Waals surface area (Å²) in [6.45, 7) is 0.195. The maximum absolute atomic E-state index is 12.6. The molecule has 26 heavy (non-hydrogen) atoms. The summed E-state index contributed by atoms with van der Waals surface area (Å²) >= 11 is 0.885. The molecule has 0 radical (unpaired) electrons. The van der Waals surface area contributed by atoms with Crippen LogP contribution in [0.15, 0.2) is 51.6 Å². The third-order valence-corrected chi connectivity index (χ3v) is 7.72. The number of aliphatic carboxylic acids is 1. The molecule has 1 amide bonds. The van der Waals surface area contributed by atoms with Gasteiger partial charge in [0.1, 0.15) is 4.21 Å². The van der Waals surface area contributed by atoms with Crippen LogP contribution in [0.3, 0.4) is 0 Å². The number of sulfone groups is 1. The molecule has 2 aromatic rings. The zero-order valence-corrected chi connectivity index (χ0v) is 15.3. The summed E-state index contributed by atoms with van der Waals surface area (Å²) in [5.74, 6) is -1.66. The predicted octanol–water partition coefficient (Wildman–Crippen LogP) is 1.63. The second kappa shape index (κ2) is 6.82. The number of hydrogen-bond acceptors (Lipinski definition) is 6. The summed E-state index contributed by atoms with van der Waals surface area (Å²) in [4.78, 5) is 25.5. The van der Waals surface area contributed by atoms with Gasteiger partial charge in [-0.3, -0.25) is 4.79 Å². The van der Waals surface area contributed by atoms with E-state index in [0.29, 0.717) is 0 Å². The van der Waals surface area contributed by atoms with E-state index in [-0.39, 0.29) is 45.8 Å². The van der Waals surface area contributed by atoms with Crippen LogP contribution in [0.2, 0.25) is 0 Å². The topological polar surface area (TPSA) is 112 Å². The minimum absolute atomic E-state index is 0.0609. The molecular weight excluding hydrogens is 378 g/mol. The van der Waals surface area contributed by atoms with Crippen molar-refractivity contribution in [2.24, 2.45) is 0 Å². The van der Waals surface area contributed by atoms with E-state index in [4.69, 9.17) is 5.11 Å². The quantitative estimate of drug-likeness (QED) is 0.814. The van der Waals surface area contributed by atoms with Crippen LogP contribution in [0.5, 0.6) is 0 Å². The Balaban J connectivity index is 1.76. The Morgan fingerprint density at radius 1 is 1.04 bits per heavy atom. The minimum Gasteiger partial charge on any atom is -0.479 e. The highest BCUT2D eigenvalue weighted by Gasteiger charge is 2.40. The van der Waals surface area contributed by atoms with Gasteiger partial charge in [-0.25, -0.2) is 13.2 Å². The molecule has 0 unspecified atom stereocenters. The number of carboxylic acids is 1. The monoisotopic (exact) mass is 395 g/mol. The van der Waals surface area contributed by atoms with Gasteiger partial charge in [-0.15, -0.1) is 11.3 Å². The number of thiophene rings is 1. The van der Waals surface area contributed by atoms with E-state index in [1.807, 2.05) is 0 Å². The fourth-order valence-electron chi connectivity index (χ4n) is 2.74. The van der Waals surface area contributed by atoms with Crippen molar-refractivity contribution in [2.75, 3.05) is 13.1 Å². The summed E-state index contributed by atoms with van der Waals surface area (Å²) in [6, 6.07) is 10.8. The van der Waals surface area contributed by atoms with Gasteiger partial charge in [-0.2, -0.15) is 0 Å². The summed E-state index contributed by atoms with van der Waals surface area (Å²) in [7, 11) is -3.68. The van der Waals surface area contributed by atoms with E-state index in [0.717, 1.165) is 11.3 Å². The van der Waals surface area contributed by atoms with Crippen molar-refractivity contribution < 1.29 is 28.2 Å². The number of likely N-dealkylation sites (tertiary alicyclic amines) is 1. The lowest BCUT2D eigenvalue weighted by molar-refractivity contribution is -0.162. The minimum atomic E-state index is -3.68. The number of hydrogen-bond donors (Lipinski definition) is 2. The van der Waals surface area contributed by atoms with Gasteiger partial charge >= 0.3 is 5.97 Å². The van der Waals surface area contributed by atoms with E-state index in [1.54, 1.807) is 18.2 Å². The number of benzene rings is 1. The third-order valence-electron chi connectivity index (χ3n) is 4.39. The fraction of sp³-hybridized carbons (Fsp3) is 0.294. The SMILES string of the molecule is O=C(c1ccc(S(=O)(=O)c2ccccc2)s1)N1CCC(O)(C(=O)O)CC1. The first kappa shape index (κ1) is 18.6. The number of nitrogens with zero attached hydrogens (tertiary/aromatic N) is 1. The lowest BCUT2D eigenvalue weighted by atomic mass is 9.91. The second-order valence-electron chi connectivity index (χ2n) is 6.06. The summed E-state index contributed by atoms with van der Waals surface area (Å²) < 4.78 is 25.3. The first-order chi connectivity index (χ1) is 12.2. The maximum atomic E-state index is 12.6. The van der Waals surface area contributed by atoms with Crippen LogP contribution in [0.1, 0.15) is 22.5 Å². The number of rotatable bonds is 4. The number of carbonyl (C=O) groups is 2. The predicted molar refractivity (Wildman–Crippen MR) is 93.9 cm³/mol. The smallest absolute Gasteiger partial charge is 0.335 e. The summed E-state index contributed by atoms with van der Waals surface area (Å²) in [5.41, 5.74) is -1.81. The first-order valence-electron chi connectivity index (χ1n) is 7.89. The molecule has 138 valence electrons. The molecule has 1 fully saturated rings. The molecule has 3 rings (SSSR count). The molecule has 0 saturated carbocycles. The van der Waals surface area contributed by atoms with E-state index in [1.165, 1.54) is 29.2 Å². The van der Waals surface area contributed by atoms with Crippen molar-refractivity contribution in [3.05, 3.63) is 47.3 Å². The van der Waals surface area contributed by atoms with Crippen LogP contribution in [0.4, 0.5) is 0 Å². The highest BCUT2D eigenvalue weighted by Crippen LogP contribution is 2.30. The molecule has 1 aliphatic heterocycles. The van der Waals surface area contributed by atoms with Crippen LogP contribution >= 0.6 is 11.3 Å². The standard InChI is InChI=1S/C17H17NO6S2/c19-15(18-10-8-17(22,9-11-18)16(20)21)13-6-7-14(25-13)26(23,24)12-4-2-1-3-5-12/h1-7,22H,8-11H2,(H,20,21). The second-order valence-corrected chi connectivity index (χ2v) is 9.32. The average Bonchev–Trinajstić information content (AvgIpc) is 3.13. The number of piperidine rings is 1. The highest BCUT2D eigenvalue weighted by molar-refractivity contribution is 7.93. The van der Waals surface area contributed by atoms with Crippen molar-refractivity contribution in [3.63, 3.8) is 0 Å². The zero-order valence-electron chi connectivity index (χ0n) is 13.7. The number of carboxylic acid groups (broad SMARTS) is 1. The van der Waals surface area contributed by atoms with Gasteiger partial charge in [-0.05, 0) is 24.3 Å². The molecule has 0 atom stereocenters. The van der Waals surface area contributed by atoms with Crippen molar-refractivity contribution in [3.8, 4) is 0 Å². The normalized spacial score (nSPS) is 17.0. The molecule has 1 aliphatic rings. The average molecular weight is 395 g/mol. The largest absolute Gasteiger partial charge is 0.479 e. The van der Waals surface area contributed by atoms with Gasteiger partial charge in [0.05, 0.1) is 9.77 Å². The third kappa shape index (κ3) is 3.37. The zero-order chi connectivity index (χ0) is 18.9. The Labute approximate surface area is 154 Å². The lowest BCUT2D eigenvalue weighted by Crippen LogP contribution is -2.50. The van der Waals surface area contributed by atoms with Gasteiger partial charge in [0.25, 0.3) is 5.91 Å². The van der Waals surface area contributed by atoms with Crippen LogP contribution in [0, 0.1) is 0 Å². The van der Waals surface area contributed by atoms with Gasteiger partial charge in [0.2, 0.25) is 9.84 Å². The number of amides is 1. The molecular formula is C17H17NO6S2. The number of aliphatic hydroxyl groups is 1. The molecule has 2 heterocycles. The van der Waals surface area contributed by atoms with Crippen molar-refractivity contribution in [2.45, 2.75) is 27.5 Å². The molecule has 0 aliphatic carbocycles. The van der Waals surface area contributed by atoms with Gasteiger partial charge < -0.3 is 15.1 Å². The molecule has 1 aromatic carbocycles. The number of carbonyl (C=O) groups excluding carboxylic acids is 1. The molecule has 2 N–H and O–H groups in total. The lowest BCUT2D eigenvalue weighted by Gasteiger charge is -2.35. The van der Waals surface area contributed by atoms with E-state index in [2.05, 4.69) is 0 Å². The van der Waals surface area contributed by atoms with Gasteiger partial charge in [0.15, 0.2) is 5.60 Å². The Hall–Kier alpha value is -2.23. The van der Waals surface area contributed by atoms with Gasteiger partial charge in [0, 0.05) is 25.9 Å². The van der Waals surface area contributed by atoms with Crippen LogP contribution in [0.25, 0.3) is 0 Å². The van der Waals surface area contributed by atoms with Crippen molar-refractivity contribution in [1.29, 1.82) is 0 Å². The Morgan fingerprint density at radius 2 is 1.65 bits per heavy atom. The van der Waals surface area contributed by atoms with Crippen molar-refractivity contribution >= 4 is 33.1 Å². The summed E-state index contributed by atoms with van der Waals surface area (Å²) in [6.07, 6.45) is -0.122. The molecule has 9 heteroatoms. The first-order valence-corrected chi connectivity index (χ1v) is 10.2. The molecule has 0 spiro atoms. The van der Waals surface area contributed by atoms with Crippen LogP contribution in [-0.4, -0.2) is 54.1 Å². The van der Waals surface area contributed by atoms with E-state index >= 15 is 0 Å². The highest BCUT2D eigenvalue weighted by atomic mass is 32.2.